The molecule has 18 heavy (non-hydrogen) atoms. The van der Waals surface area contributed by atoms with Gasteiger partial charge in [0, 0.05) is 11.1 Å². The van der Waals surface area contributed by atoms with Gasteiger partial charge in [-0.15, -0.1) is 0 Å². The molecular weight excluding hydrogens is 236 g/mol. The highest BCUT2D eigenvalue weighted by Crippen LogP contribution is 2.26. The van der Waals surface area contributed by atoms with E-state index in [4.69, 9.17) is 14.4 Å². The van der Waals surface area contributed by atoms with Gasteiger partial charge in [-0.3, -0.25) is 4.79 Å². The highest BCUT2D eigenvalue weighted by atomic mass is 16.5. The lowest BCUT2D eigenvalue weighted by Crippen LogP contribution is -2.02. The number of methoxy groups -OCH3 is 1. The van der Waals surface area contributed by atoms with Gasteiger partial charge in [0.25, 0.3) is 5.89 Å². The topological polar surface area (TPSA) is 85.5 Å². The van der Waals surface area contributed by atoms with E-state index >= 15 is 0 Å². The van der Waals surface area contributed by atoms with Crippen molar-refractivity contribution in [2.75, 3.05) is 7.11 Å². The summed E-state index contributed by atoms with van der Waals surface area (Å²) >= 11 is 0. The standard InChI is InChI=1S/C12H12N2O4/c1-7-13-12(18-14-7)8-3-4-10(17-2)9(5-8)6-11(15)16/h3-5H,6H2,1-2H3,(H,15,16). The molecule has 0 amide bonds. The number of carbonyl (C=O) groups is 1. The maximum absolute atomic E-state index is 10.8. The van der Waals surface area contributed by atoms with E-state index in [0.717, 1.165) is 0 Å². The molecule has 0 bridgehead atoms. The van der Waals surface area contributed by atoms with Crippen LogP contribution in [0.25, 0.3) is 11.5 Å². The summed E-state index contributed by atoms with van der Waals surface area (Å²) in [7, 11) is 1.50. The van der Waals surface area contributed by atoms with Crippen LogP contribution < -0.4 is 4.74 Å². The van der Waals surface area contributed by atoms with E-state index < -0.39 is 5.97 Å². The van der Waals surface area contributed by atoms with E-state index in [2.05, 4.69) is 10.1 Å². The third kappa shape index (κ3) is 2.48. The average Bonchev–Trinajstić information content (AvgIpc) is 2.75. The molecule has 6 nitrogen and oxygen atoms in total. The zero-order valence-electron chi connectivity index (χ0n) is 10.0. The molecule has 0 spiro atoms. The summed E-state index contributed by atoms with van der Waals surface area (Å²) in [6, 6.07) is 5.12. The van der Waals surface area contributed by atoms with Gasteiger partial charge in [0.2, 0.25) is 0 Å². The van der Waals surface area contributed by atoms with E-state index in [0.29, 0.717) is 28.6 Å². The quantitative estimate of drug-likeness (QED) is 0.885. The molecule has 0 saturated heterocycles. The Morgan fingerprint density at radius 2 is 2.28 bits per heavy atom. The molecule has 0 fully saturated rings. The first-order valence-corrected chi connectivity index (χ1v) is 5.29. The van der Waals surface area contributed by atoms with Gasteiger partial charge in [0.15, 0.2) is 5.82 Å². The van der Waals surface area contributed by atoms with Crippen molar-refractivity contribution in [1.29, 1.82) is 0 Å². The van der Waals surface area contributed by atoms with Crippen LogP contribution in [-0.4, -0.2) is 28.3 Å². The fourth-order valence-corrected chi connectivity index (χ4v) is 1.63. The van der Waals surface area contributed by atoms with Crippen LogP contribution in [0.3, 0.4) is 0 Å². The Labute approximate surface area is 103 Å². The zero-order valence-corrected chi connectivity index (χ0v) is 10.0. The largest absolute Gasteiger partial charge is 0.496 e. The molecule has 1 aromatic heterocycles. The number of aromatic nitrogens is 2. The SMILES string of the molecule is COc1ccc(-c2nc(C)no2)cc1CC(=O)O. The smallest absolute Gasteiger partial charge is 0.307 e. The fraction of sp³-hybridized carbons (Fsp3) is 0.250. The van der Waals surface area contributed by atoms with E-state index in [9.17, 15) is 4.79 Å². The Morgan fingerprint density at radius 3 is 2.83 bits per heavy atom. The molecule has 0 unspecified atom stereocenters. The number of carboxylic acids is 1. The van der Waals surface area contributed by atoms with Gasteiger partial charge < -0.3 is 14.4 Å². The number of benzene rings is 1. The maximum Gasteiger partial charge on any atom is 0.307 e. The predicted molar refractivity (Wildman–Crippen MR) is 62.4 cm³/mol. The number of rotatable bonds is 4. The number of hydrogen-bond donors (Lipinski definition) is 1. The van der Waals surface area contributed by atoms with Crippen molar-refractivity contribution < 1.29 is 19.2 Å². The summed E-state index contributed by atoms with van der Waals surface area (Å²) in [6.45, 7) is 1.72. The molecule has 0 aliphatic heterocycles. The lowest BCUT2D eigenvalue weighted by molar-refractivity contribution is -0.136. The molecule has 94 valence electrons. The Kier molecular flexibility index (Phi) is 3.27. The second-order valence-corrected chi connectivity index (χ2v) is 3.74. The first-order valence-electron chi connectivity index (χ1n) is 5.29. The number of ether oxygens (including phenoxy) is 1. The Hall–Kier alpha value is -2.37. The normalized spacial score (nSPS) is 10.3. The van der Waals surface area contributed by atoms with Crippen LogP contribution in [0, 0.1) is 6.92 Å². The molecule has 1 heterocycles. The van der Waals surface area contributed by atoms with Crippen LogP contribution in [0.15, 0.2) is 22.7 Å². The summed E-state index contributed by atoms with van der Waals surface area (Å²) in [6.07, 6.45) is -0.121. The minimum atomic E-state index is -0.924. The van der Waals surface area contributed by atoms with Crippen molar-refractivity contribution in [3.63, 3.8) is 0 Å². The van der Waals surface area contributed by atoms with Gasteiger partial charge in [-0.05, 0) is 25.1 Å². The number of hydrogen-bond acceptors (Lipinski definition) is 5. The molecule has 1 N–H and O–H groups in total. The summed E-state index contributed by atoms with van der Waals surface area (Å²) in [5.41, 5.74) is 1.24. The van der Waals surface area contributed by atoms with Crippen molar-refractivity contribution in [1.82, 2.24) is 10.1 Å². The summed E-state index contributed by atoms with van der Waals surface area (Å²) < 4.78 is 10.1. The van der Waals surface area contributed by atoms with Crippen molar-refractivity contribution in [3.8, 4) is 17.2 Å². The van der Waals surface area contributed by atoms with Crippen LogP contribution >= 0.6 is 0 Å². The molecule has 2 aromatic rings. The van der Waals surface area contributed by atoms with Crippen molar-refractivity contribution >= 4 is 5.97 Å². The molecule has 0 saturated carbocycles. The molecule has 0 aliphatic carbocycles. The number of aliphatic carboxylic acids is 1. The van der Waals surface area contributed by atoms with Crippen LogP contribution in [0.4, 0.5) is 0 Å². The van der Waals surface area contributed by atoms with E-state index in [1.807, 2.05) is 0 Å². The van der Waals surface area contributed by atoms with Gasteiger partial charge >= 0.3 is 5.97 Å². The summed E-state index contributed by atoms with van der Waals surface area (Å²) in [5.74, 6) is 0.493. The van der Waals surface area contributed by atoms with Gasteiger partial charge in [0.1, 0.15) is 5.75 Å². The van der Waals surface area contributed by atoms with E-state index in [1.54, 1.807) is 25.1 Å². The highest BCUT2D eigenvalue weighted by molar-refractivity contribution is 5.72. The third-order valence-corrected chi connectivity index (χ3v) is 2.40. The Morgan fingerprint density at radius 1 is 1.50 bits per heavy atom. The monoisotopic (exact) mass is 248 g/mol. The Balaban J connectivity index is 2.41. The van der Waals surface area contributed by atoms with Crippen LogP contribution in [0.1, 0.15) is 11.4 Å². The minimum Gasteiger partial charge on any atom is -0.496 e. The van der Waals surface area contributed by atoms with Crippen molar-refractivity contribution in [2.45, 2.75) is 13.3 Å². The van der Waals surface area contributed by atoms with Crippen LogP contribution in [0.2, 0.25) is 0 Å². The third-order valence-electron chi connectivity index (χ3n) is 2.40. The molecule has 0 aliphatic rings. The second kappa shape index (κ2) is 4.87. The van der Waals surface area contributed by atoms with Crippen molar-refractivity contribution in [2.24, 2.45) is 0 Å². The first-order chi connectivity index (χ1) is 8.60. The molecular formula is C12H12N2O4. The van der Waals surface area contributed by atoms with Gasteiger partial charge in [-0.1, -0.05) is 5.16 Å². The molecule has 6 heteroatoms. The Bertz CT molecular complexity index is 577. The number of carboxylic acid groups (broad SMARTS) is 1. The summed E-state index contributed by atoms with van der Waals surface area (Å²) in [4.78, 5) is 14.9. The van der Waals surface area contributed by atoms with Gasteiger partial charge in [-0.2, -0.15) is 4.98 Å². The zero-order chi connectivity index (χ0) is 13.1. The lowest BCUT2D eigenvalue weighted by atomic mass is 10.1. The van der Waals surface area contributed by atoms with E-state index in [-0.39, 0.29) is 6.42 Å². The summed E-state index contributed by atoms with van der Waals surface area (Å²) in [5, 5.41) is 12.5. The number of aryl methyl sites for hydroxylation is 1. The number of nitrogens with zero attached hydrogens (tertiary/aromatic N) is 2. The first kappa shape index (κ1) is 12.1. The van der Waals surface area contributed by atoms with Gasteiger partial charge in [-0.25, -0.2) is 0 Å². The average molecular weight is 248 g/mol. The molecule has 0 atom stereocenters. The van der Waals surface area contributed by atoms with Crippen LogP contribution in [0.5, 0.6) is 5.75 Å². The molecule has 1 aromatic carbocycles. The maximum atomic E-state index is 10.8. The highest BCUT2D eigenvalue weighted by Gasteiger charge is 2.12. The van der Waals surface area contributed by atoms with Crippen LogP contribution in [-0.2, 0) is 11.2 Å². The predicted octanol–water partition coefficient (Wildman–Crippen LogP) is 1.68. The minimum absolute atomic E-state index is 0.121. The molecule has 0 radical (unpaired) electrons. The molecule has 2 rings (SSSR count). The van der Waals surface area contributed by atoms with Crippen molar-refractivity contribution in [3.05, 3.63) is 29.6 Å². The lowest BCUT2D eigenvalue weighted by Gasteiger charge is -2.07. The van der Waals surface area contributed by atoms with Gasteiger partial charge in [0.05, 0.1) is 13.5 Å². The fourth-order valence-electron chi connectivity index (χ4n) is 1.63. The second-order valence-electron chi connectivity index (χ2n) is 3.74. The van der Waals surface area contributed by atoms with E-state index in [1.165, 1.54) is 7.11 Å².